The van der Waals surface area contributed by atoms with Gasteiger partial charge in [0.15, 0.2) is 0 Å². The first-order chi connectivity index (χ1) is 10.6. The first-order valence-electron chi connectivity index (χ1n) is 7.10. The maximum atomic E-state index is 12.2. The fourth-order valence-corrected chi connectivity index (χ4v) is 2.59. The van der Waals surface area contributed by atoms with Gasteiger partial charge in [-0.2, -0.15) is 5.10 Å². The van der Waals surface area contributed by atoms with Crippen molar-refractivity contribution in [1.82, 2.24) is 9.78 Å². The quantitative estimate of drug-likeness (QED) is 0.812. The summed E-state index contributed by atoms with van der Waals surface area (Å²) < 4.78 is 6.54. The molecule has 0 N–H and O–H groups in total. The van der Waals surface area contributed by atoms with Crippen molar-refractivity contribution in [2.24, 2.45) is 0 Å². The highest BCUT2D eigenvalue weighted by Gasteiger charge is 2.25. The maximum absolute atomic E-state index is 12.2. The number of aryl methyl sites for hydroxylation is 2. The highest BCUT2D eigenvalue weighted by molar-refractivity contribution is 5.93. The normalized spacial score (nSPS) is 13.9. The molecule has 1 aromatic carbocycles. The number of nitrogens with zero attached hydrogens (tertiary/aromatic N) is 3. The van der Waals surface area contributed by atoms with Crippen LogP contribution in [0.1, 0.15) is 28.0 Å². The van der Waals surface area contributed by atoms with Crippen LogP contribution in [0.25, 0.3) is 0 Å². The minimum Gasteiger partial charge on any atom is -0.465 e. The van der Waals surface area contributed by atoms with E-state index in [-0.39, 0.29) is 11.9 Å². The lowest BCUT2D eigenvalue weighted by Crippen LogP contribution is -2.36. The summed E-state index contributed by atoms with van der Waals surface area (Å²) >= 11 is 0. The first-order valence-corrected chi connectivity index (χ1v) is 7.10. The first kappa shape index (κ1) is 14.3. The summed E-state index contributed by atoms with van der Waals surface area (Å²) in [4.78, 5) is 25.4. The van der Waals surface area contributed by atoms with Gasteiger partial charge in [-0.1, -0.05) is 12.1 Å². The van der Waals surface area contributed by atoms with E-state index in [9.17, 15) is 9.59 Å². The van der Waals surface area contributed by atoms with Gasteiger partial charge >= 0.3 is 5.97 Å². The summed E-state index contributed by atoms with van der Waals surface area (Å²) in [6, 6.07) is 9.00. The molecule has 1 amide bonds. The molecule has 0 fully saturated rings. The van der Waals surface area contributed by atoms with Crippen LogP contribution in [-0.2, 0) is 22.6 Å². The lowest BCUT2D eigenvalue weighted by molar-refractivity contribution is -0.119. The van der Waals surface area contributed by atoms with Gasteiger partial charge in [-0.25, -0.2) is 9.48 Å². The van der Waals surface area contributed by atoms with E-state index in [1.54, 1.807) is 17.0 Å². The number of hydrogen-bond acceptors (Lipinski definition) is 4. The van der Waals surface area contributed by atoms with Gasteiger partial charge < -0.3 is 4.74 Å². The molecule has 0 saturated carbocycles. The minimum atomic E-state index is -0.366. The Morgan fingerprint density at radius 1 is 1.32 bits per heavy atom. The van der Waals surface area contributed by atoms with Gasteiger partial charge in [0, 0.05) is 12.5 Å². The summed E-state index contributed by atoms with van der Waals surface area (Å²) in [6.07, 6.45) is 0.453. The summed E-state index contributed by atoms with van der Waals surface area (Å²) in [6.45, 7) is 3.00. The van der Waals surface area contributed by atoms with Crippen molar-refractivity contribution in [1.29, 1.82) is 0 Å². The third-order valence-electron chi connectivity index (χ3n) is 3.71. The van der Waals surface area contributed by atoms with Crippen LogP contribution in [0.5, 0.6) is 0 Å². The Kier molecular flexibility index (Phi) is 3.66. The van der Waals surface area contributed by atoms with E-state index in [0.29, 0.717) is 25.1 Å². The number of benzene rings is 1. The molecule has 0 bridgehead atoms. The van der Waals surface area contributed by atoms with Crippen LogP contribution in [0, 0.1) is 6.92 Å². The van der Waals surface area contributed by atoms with Crippen LogP contribution in [0.4, 0.5) is 5.82 Å². The van der Waals surface area contributed by atoms with Gasteiger partial charge in [-0.3, -0.25) is 9.69 Å². The molecular formula is C16H17N3O3. The van der Waals surface area contributed by atoms with E-state index in [1.165, 1.54) is 7.11 Å². The van der Waals surface area contributed by atoms with Crippen molar-refractivity contribution in [2.45, 2.75) is 26.4 Å². The molecular weight excluding hydrogens is 282 g/mol. The van der Waals surface area contributed by atoms with Gasteiger partial charge in [0.05, 0.1) is 31.5 Å². The van der Waals surface area contributed by atoms with Gasteiger partial charge in [0.25, 0.3) is 0 Å². The second-order valence-corrected chi connectivity index (χ2v) is 5.29. The lowest BCUT2D eigenvalue weighted by atomic mass is 10.1. The van der Waals surface area contributed by atoms with Crippen molar-refractivity contribution < 1.29 is 14.3 Å². The van der Waals surface area contributed by atoms with E-state index in [2.05, 4.69) is 9.84 Å². The molecule has 6 nitrogen and oxygen atoms in total. The number of carbonyl (C=O) groups excluding carboxylic acids is 2. The molecule has 114 valence electrons. The van der Waals surface area contributed by atoms with Crippen LogP contribution in [0.15, 0.2) is 30.3 Å². The Balaban J connectivity index is 1.83. The summed E-state index contributed by atoms with van der Waals surface area (Å²) in [5.74, 6) is 0.546. The molecule has 0 saturated heterocycles. The molecule has 6 heteroatoms. The second kappa shape index (κ2) is 5.63. The Hall–Kier alpha value is -2.63. The molecule has 2 heterocycles. The van der Waals surface area contributed by atoms with Crippen molar-refractivity contribution in [3.63, 3.8) is 0 Å². The SMILES string of the molecule is COC(=O)c1ccc(CN2C(=O)CCn3nc(C)cc32)cc1. The van der Waals surface area contributed by atoms with Crippen LogP contribution in [-0.4, -0.2) is 28.8 Å². The predicted octanol–water partition coefficient (Wildman–Crippen LogP) is 1.92. The molecule has 22 heavy (non-hydrogen) atoms. The Morgan fingerprint density at radius 2 is 2.05 bits per heavy atom. The van der Waals surface area contributed by atoms with Crippen molar-refractivity contribution in [2.75, 3.05) is 12.0 Å². The van der Waals surface area contributed by atoms with Gasteiger partial charge in [0.1, 0.15) is 5.82 Å². The standard InChI is InChI=1S/C16H17N3O3/c1-11-9-14-18(15(20)7-8-19(14)17-11)10-12-3-5-13(6-4-12)16(21)22-2/h3-6,9H,7-8,10H2,1-2H3. The number of amides is 1. The predicted molar refractivity (Wildman–Crippen MR) is 80.6 cm³/mol. The van der Waals surface area contributed by atoms with E-state index in [1.807, 2.05) is 29.8 Å². The average molecular weight is 299 g/mol. The van der Waals surface area contributed by atoms with Crippen LogP contribution in [0.3, 0.4) is 0 Å². The van der Waals surface area contributed by atoms with Gasteiger partial charge in [-0.05, 0) is 24.6 Å². The topological polar surface area (TPSA) is 64.4 Å². The number of anilines is 1. The van der Waals surface area contributed by atoms with Crippen LogP contribution < -0.4 is 4.90 Å². The lowest BCUT2D eigenvalue weighted by Gasteiger charge is -2.27. The Bertz CT molecular complexity index is 719. The highest BCUT2D eigenvalue weighted by atomic mass is 16.5. The number of ether oxygens (including phenoxy) is 1. The van der Waals surface area contributed by atoms with Crippen molar-refractivity contribution >= 4 is 17.7 Å². The molecule has 1 aliphatic rings. The van der Waals surface area contributed by atoms with E-state index >= 15 is 0 Å². The molecule has 2 aromatic rings. The number of fused-ring (bicyclic) bond motifs is 1. The maximum Gasteiger partial charge on any atom is 0.337 e. The fourth-order valence-electron chi connectivity index (χ4n) is 2.59. The monoisotopic (exact) mass is 299 g/mol. The van der Waals surface area contributed by atoms with Crippen LogP contribution >= 0.6 is 0 Å². The highest BCUT2D eigenvalue weighted by Crippen LogP contribution is 2.24. The number of esters is 1. The Labute approximate surface area is 128 Å². The number of methoxy groups -OCH3 is 1. The number of hydrogen-bond donors (Lipinski definition) is 0. The molecule has 0 aliphatic carbocycles. The van der Waals surface area contributed by atoms with E-state index in [4.69, 9.17) is 0 Å². The summed E-state index contributed by atoms with van der Waals surface area (Å²) in [5, 5.41) is 4.39. The van der Waals surface area contributed by atoms with Gasteiger partial charge in [0.2, 0.25) is 5.91 Å². The van der Waals surface area contributed by atoms with E-state index < -0.39 is 0 Å². The molecule has 3 rings (SSSR count). The molecule has 1 aromatic heterocycles. The zero-order valence-electron chi connectivity index (χ0n) is 12.6. The molecule has 0 spiro atoms. The average Bonchev–Trinajstić information content (AvgIpc) is 2.91. The van der Waals surface area contributed by atoms with Crippen molar-refractivity contribution in [3.05, 3.63) is 47.2 Å². The number of aromatic nitrogens is 2. The summed E-state index contributed by atoms with van der Waals surface area (Å²) in [5.41, 5.74) is 2.35. The molecule has 0 unspecified atom stereocenters. The molecule has 1 aliphatic heterocycles. The zero-order chi connectivity index (χ0) is 15.7. The minimum absolute atomic E-state index is 0.0874. The number of rotatable bonds is 3. The summed E-state index contributed by atoms with van der Waals surface area (Å²) in [7, 11) is 1.35. The van der Waals surface area contributed by atoms with Gasteiger partial charge in [-0.15, -0.1) is 0 Å². The fraction of sp³-hybridized carbons (Fsp3) is 0.312. The van der Waals surface area contributed by atoms with Crippen molar-refractivity contribution in [3.8, 4) is 0 Å². The zero-order valence-corrected chi connectivity index (χ0v) is 12.6. The third-order valence-corrected chi connectivity index (χ3v) is 3.71. The smallest absolute Gasteiger partial charge is 0.337 e. The second-order valence-electron chi connectivity index (χ2n) is 5.29. The number of carbonyl (C=O) groups is 2. The Morgan fingerprint density at radius 3 is 2.73 bits per heavy atom. The molecule has 0 radical (unpaired) electrons. The van der Waals surface area contributed by atoms with Crippen LogP contribution in [0.2, 0.25) is 0 Å². The third kappa shape index (κ3) is 2.59. The molecule has 0 atom stereocenters. The van der Waals surface area contributed by atoms with E-state index in [0.717, 1.165) is 17.1 Å². The largest absolute Gasteiger partial charge is 0.465 e.